The van der Waals surface area contributed by atoms with Crippen LogP contribution in [-0.2, 0) is 0 Å². The van der Waals surface area contributed by atoms with E-state index in [0.717, 1.165) is 6.07 Å². The molecule has 0 atom stereocenters. The molecule has 0 saturated carbocycles. The average Bonchev–Trinajstić information content (AvgIpc) is 2.45. The fraction of sp³-hybridized carbons (Fsp3) is 0.133. The fourth-order valence-electron chi connectivity index (χ4n) is 1.88. The van der Waals surface area contributed by atoms with Gasteiger partial charge in [0.05, 0.1) is 24.8 Å². The number of halogens is 3. The van der Waals surface area contributed by atoms with Gasteiger partial charge in [-0.2, -0.15) is 0 Å². The first-order chi connectivity index (χ1) is 9.97. The molecule has 2 aromatic carbocycles. The largest absolute Gasteiger partial charge is 0.493 e. The van der Waals surface area contributed by atoms with Crippen molar-refractivity contribution in [3.05, 3.63) is 57.3 Å². The molecule has 0 fully saturated rings. The molecule has 0 spiro atoms. The predicted octanol–water partition coefficient (Wildman–Crippen LogP) is 4.38. The van der Waals surface area contributed by atoms with Gasteiger partial charge in [0.15, 0.2) is 17.3 Å². The molecule has 0 heterocycles. The molecule has 2 rings (SSSR count). The van der Waals surface area contributed by atoms with Crippen LogP contribution in [0.1, 0.15) is 15.9 Å². The van der Waals surface area contributed by atoms with Crippen molar-refractivity contribution in [2.45, 2.75) is 0 Å². The van der Waals surface area contributed by atoms with Gasteiger partial charge in [0.1, 0.15) is 5.82 Å². The van der Waals surface area contributed by atoms with E-state index in [9.17, 15) is 9.18 Å². The average molecular weight is 329 g/mol. The molecule has 0 N–H and O–H groups in total. The number of hydrogen-bond acceptors (Lipinski definition) is 3. The summed E-state index contributed by atoms with van der Waals surface area (Å²) < 4.78 is 24.0. The van der Waals surface area contributed by atoms with Crippen LogP contribution in [0.25, 0.3) is 0 Å². The summed E-state index contributed by atoms with van der Waals surface area (Å²) in [4.78, 5) is 12.4. The number of rotatable bonds is 4. The summed E-state index contributed by atoms with van der Waals surface area (Å²) in [6.07, 6.45) is 0. The van der Waals surface area contributed by atoms with E-state index < -0.39 is 11.6 Å². The highest BCUT2D eigenvalue weighted by atomic mass is 35.5. The SMILES string of the molecule is COc1cc(C(=O)c2ccc(Cl)cc2F)cc(Cl)c1OC. The predicted molar refractivity (Wildman–Crippen MR) is 79.4 cm³/mol. The minimum absolute atomic E-state index is 0.0947. The van der Waals surface area contributed by atoms with E-state index in [1.165, 1.54) is 38.5 Å². The molecule has 0 saturated heterocycles. The van der Waals surface area contributed by atoms with Crippen molar-refractivity contribution in [3.63, 3.8) is 0 Å². The van der Waals surface area contributed by atoms with E-state index in [2.05, 4.69) is 0 Å². The number of methoxy groups -OCH3 is 2. The Balaban J connectivity index is 2.51. The Hall–Kier alpha value is -1.78. The second-order valence-corrected chi connectivity index (χ2v) is 4.99. The molecule has 0 aliphatic carbocycles. The van der Waals surface area contributed by atoms with Crippen molar-refractivity contribution >= 4 is 29.0 Å². The Labute approximate surface area is 131 Å². The topological polar surface area (TPSA) is 35.5 Å². The number of carbonyl (C=O) groups excluding carboxylic acids is 1. The molecule has 21 heavy (non-hydrogen) atoms. The Bertz CT molecular complexity index is 702. The molecule has 0 bridgehead atoms. The number of ether oxygens (including phenoxy) is 2. The molecule has 0 unspecified atom stereocenters. The quantitative estimate of drug-likeness (QED) is 0.781. The number of ketones is 1. The van der Waals surface area contributed by atoms with Crippen LogP contribution in [0.3, 0.4) is 0 Å². The third kappa shape index (κ3) is 3.12. The van der Waals surface area contributed by atoms with Crippen LogP contribution in [0.4, 0.5) is 4.39 Å². The second kappa shape index (κ2) is 6.33. The van der Waals surface area contributed by atoms with Gasteiger partial charge in [0.2, 0.25) is 0 Å². The molecule has 110 valence electrons. The van der Waals surface area contributed by atoms with Gasteiger partial charge < -0.3 is 9.47 Å². The van der Waals surface area contributed by atoms with Crippen LogP contribution in [0.5, 0.6) is 11.5 Å². The lowest BCUT2D eigenvalue weighted by Crippen LogP contribution is -2.05. The van der Waals surface area contributed by atoms with Crippen molar-refractivity contribution in [2.75, 3.05) is 14.2 Å². The lowest BCUT2D eigenvalue weighted by molar-refractivity contribution is 0.103. The Morgan fingerprint density at radius 3 is 2.38 bits per heavy atom. The Morgan fingerprint density at radius 1 is 1.10 bits per heavy atom. The van der Waals surface area contributed by atoms with Crippen LogP contribution in [0.15, 0.2) is 30.3 Å². The summed E-state index contributed by atoms with van der Waals surface area (Å²) in [5.41, 5.74) is 0.0987. The van der Waals surface area contributed by atoms with Crippen LogP contribution in [-0.4, -0.2) is 20.0 Å². The molecule has 3 nitrogen and oxygen atoms in total. The minimum Gasteiger partial charge on any atom is -0.493 e. The Kier molecular flexibility index (Phi) is 4.70. The van der Waals surface area contributed by atoms with E-state index in [0.29, 0.717) is 11.5 Å². The lowest BCUT2D eigenvalue weighted by Gasteiger charge is -2.11. The van der Waals surface area contributed by atoms with Crippen LogP contribution in [0.2, 0.25) is 10.0 Å². The summed E-state index contributed by atoms with van der Waals surface area (Å²) >= 11 is 11.7. The highest BCUT2D eigenvalue weighted by molar-refractivity contribution is 6.33. The third-order valence-electron chi connectivity index (χ3n) is 2.87. The number of hydrogen-bond donors (Lipinski definition) is 0. The maximum absolute atomic E-state index is 13.8. The highest BCUT2D eigenvalue weighted by Gasteiger charge is 2.19. The molecular weight excluding hydrogens is 318 g/mol. The van der Waals surface area contributed by atoms with E-state index in [-0.39, 0.29) is 21.2 Å². The normalized spacial score (nSPS) is 10.3. The van der Waals surface area contributed by atoms with Crippen molar-refractivity contribution in [1.29, 1.82) is 0 Å². The van der Waals surface area contributed by atoms with Crippen molar-refractivity contribution in [2.24, 2.45) is 0 Å². The van der Waals surface area contributed by atoms with Gasteiger partial charge in [-0.15, -0.1) is 0 Å². The van der Waals surface area contributed by atoms with Gasteiger partial charge in [-0.25, -0.2) is 4.39 Å². The van der Waals surface area contributed by atoms with Crippen LogP contribution >= 0.6 is 23.2 Å². The molecular formula is C15H11Cl2FO3. The van der Waals surface area contributed by atoms with Gasteiger partial charge >= 0.3 is 0 Å². The maximum Gasteiger partial charge on any atom is 0.196 e. The van der Waals surface area contributed by atoms with E-state index in [1.807, 2.05) is 0 Å². The summed E-state index contributed by atoms with van der Waals surface area (Å²) in [5.74, 6) is -0.611. The fourth-order valence-corrected chi connectivity index (χ4v) is 2.32. The molecule has 2 aromatic rings. The second-order valence-electron chi connectivity index (χ2n) is 4.15. The molecule has 0 aliphatic heterocycles. The molecule has 0 aliphatic rings. The third-order valence-corrected chi connectivity index (χ3v) is 3.39. The highest BCUT2D eigenvalue weighted by Crippen LogP contribution is 2.36. The standard InChI is InChI=1S/C15H11Cl2FO3/c1-20-13-6-8(5-11(17)15(13)21-2)14(19)10-4-3-9(16)7-12(10)18/h3-7H,1-2H3. The molecule has 0 aromatic heterocycles. The van der Waals surface area contributed by atoms with E-state index in [4.69, 9.17) is 32.7 Å². The van der Waals surface area contributed by atoms with E-state index in [1.54, 1.807) is 0 Å². The first kappa shape index (κ1) is 15.6. The van der Waals surface area contributed by atoms with Gasteiger partial charge in [-0.3, -0.25) is 4.79 Å². The van der Waals surface area contributed by atoms with Gasteiger partial charge in [0, 0.05) is 10.6 Å². The van der Waals surface area contributed by atoms with Gasteiger partial charge in [-0.1, -0.05) is 23.2 Å². The summed E-state index contributed by atoms with van der Waals surface area (Å²) in [7, 11) is 2.86. The van der Waals surface area contributed by atoms with Crippen LogP contribution in [0, 0.1) is 5.82 Å². The lowest BCUT2D eigenvalue weighted by atomic mass is 10.0. The van der Waals surface area contributed by atoms with Gasteiger partial charge in [-0.05, 0) is 30.3 Å². The van der Waals surface area contributed by atoms with E-state index >= 15 is 0 Å². The molecule has 0 amide bonds. The zero-order chi connectivity index (χ0) is 15.6. The zero-order valence-corrected chi connectivity index (χ0v) is 12.8. The number of carbonyl (C=O) groups is 1. The summed E-state index contributed by atoms with van der Waals surface area (Å²) in [5, 5.41) is 0.420. The summed E-state index contributed by atoms with van der Waals surface area (Å²) in [6, 6.07) is 6.70. The summed E-state index contributed by atoms with van der Waals surface area (Å²) in [6.45, 7) is 0. The molecule has 6 heteroatoms. The van der Waals surface area contributed by atoms with Gasteiger partial charge in [0.25, 0.3) is 0 Å². The van der Waals surface area contributed by atoms with Crippen molar-refractivity contribution in [1.82, 2.24) is 0 Å². The van der Waals surface area contributed by atoms with Crippen LogP contribution < -0.4 is 9.47 Å². The van der Waals surface area contributed by atoms with Crippen molar-refractivity contribution < 1.29 is 18.7 Å². The maximum atomic E-state index is 13.8. The first-order valence-electron chi connectivity index (χ1n) is 5.89. The minimum atomic E-state index is -0.696. The smallest absolute Gasteiger partial charge is 0.196 e. The number of benzene rings is 2. The first-order valence-corrected chi connectivity index (χ1v) is 6.64. The molecule has 0 radical (unpaired) electrons. The Morgan fingerprint density at radius 2 is 1.81 bits per heavy atom. The van der Waals surface area contributed by atoms with Crippen molar-refractivity contribution in [3.8, 4) is 11.5 Å². The monoisotopic (exact) mass is 328 g/mol. The zero-order valence-electron chi connectivity index (χ0n) is 11.2.